The minimum absolute atomic E-state index is 0.0172. The number of rotatable bonds is 7. The van der Waals surface area contributed by atoms with Crippen molar-refractivity contribution in [1.29, 1.82) is 0 Å². The van der Waals surface area contributed by atoms with Crippen molar-refractivity contribution < 1.29 is 9.84 Å². The molecule has 0 aliphatic carbocycles. The molecule has 4 aromatic rings. The van der Waals surface area contributed by atoms with Gasteiger partial charge in [-0.1, -0.05) is 26.8 Å². The smallest absolute Gasteiger partial charge is 0.102 e. The fourth-order valence-corrected chi connectivity index (χ4v) is 5.57. The number of aromatic nitrogens is 3. The van der Waals surface area contributed by atoms with Crippen LogP contribution in [0.3, 0.4) is 0 Å². The first-order valence-electron chi connectivity index (χ1n) is 11.6. The van der Waals surface area contributed by atoms with E-state index in [9.17, 15) is 5.11 Å². The second-order valence-electron chi connectivity index (χ2n) is 11.1. The minimum atomic E-state index is -0.803. The van der Waals surface area contributed by atoms with Crippen LogP contribution in [0.2, 0.25) is 0 Å². The molecule has 0 saturated heterocycles. The molecule has 1 aliphatic rings. The van der Waals surface area contributed by atoms with Crippen molar-refractivity contribution in [1.82, 2.24) is 20.6 Å². The van der Waals surface area contributed by atoms with Gasteiger partial charge in [0.25, 0.3) is 0 Å². The zero-order valence-corrected chi connectivity index (χ0v) is 21.2. The Kier molecular flexibility index (Phi) is 5.80. The maximum atomic E-state index is 10.6. The highest BCUT2D eigenvalue weighted by molar-refractivity contribution is 7.16. The zero-order valence-electron chi connectivity index (χ0n) is 20.4. The Hall–Kier alpha value is -2.65. The molecule has 7 nitrogen and oxygen atoms in total. The van der Waals surface area contributed by atoms with Crippen LogP contribution in [0.15, 0.2) is 36.7 Å². The minimum Gasteiger partial charge on any atom is -0.390 e. The van der Waals surface area contributed by atoms with E-state index in [-0.39, 0.29) is 11.5 Å². The Morgan fingerprint density at radius 1 is 1.12 bits per heavy atom. The number of nitrogens with zero attached hydrogens (tertiary/aromatic N) is 1. The number of benzene rings is 1. The number of H-pyrrole nitrogens is 2. The van der Waals surface area contributed by atoms with Crippen molar-refractivity contribution in [3.8, 4) is 10.4 Å². The van der Waals surface area contributed by atoms with E-state index in [0.717, 1.165) is 39.0 Å². The van der Waals surface area contributed by atoms with Crippen LogP contribution in [0.4, 0.5) is 5.69 Å². The normalized spacial score (nSPS) is 16.2. The molecule has 5 N–H and O–H groups in total. The number of aliphatic hydroxyl groups is 1. The molecule has 1 atom stereocenters. The van der Waals surface area contributed by atoms with E-state index in [0.29, 0.717) is 19.6 Å². The van der Waals surface area contributed by atoms with Crippen molar-refractivity contribution >= 4 is 27.9 Å². The Morgan fingerprint density at radius 3 is 2.65 bits per heavy atom. The van der Waals surface area contributed by atoms with Crippen LogP contribution >= 0.6 is 11.3 Å². The molecule has 0 bridgehead atoms. The van der Waals surface area contributed by atoms with Crippen LogP contribution in [-0.4, -0.2) is 32.5 Å². The summed E-state index contributed by atoms with van der Waals surface area (Å²) >= 11 is 1.76. The van der Waals surface area contributed by atoms with Gasteiger partial charge in [-0.25, -0.2) is 5.43 Å². The molecule has 34 heavy (non-hydrogen) atoms. The van der Waals surface area contributed by atoms with Crippen molar-refractivity contribution in [3.63, 3.8) is 0 Å². The number of thiophene rings is 1. The Bertz CT molecular complexity index is 1290. The molecule has 0 saturated carbocycles. The Morgan fingerprint density at radius 2 is 1.94 bits per heavy atom. The fraction of sp³-hybridized carbons (Fsp3) is 0.423. The lowest BCUT2D eigenvalue weighted by molar-refractivity contribution is 0.0597. The van der Waals surface area contributed by atoms with Gasteiger partial charge in [-0.2, -0.15) is 5.10 Å². The largest absolute Gasteiger partial charge is 0.390 e. The number of aromatic amines is 2. The van der Waals surface area contributed by atoms with Crippen LogP contribution < -0.4 is 10.9 Å². The highest BCUT2D eigenvalue weighted by atomic mass is 32.1. The van der Waals surface area contributed by atoms with Crippen molar-refractivity contribution in [2.24, 2.45) is 5.41 Å². The lowest BCUT2D eigenvalue weighted by atomic mass is 9.94. The molecule has 5 rings (SSSR count). The van der Waals surface area contributed by atoms with Gasteiger partial charge in [0, 0.05) is 39.7 Å². The third-order valence-corrected chi connectivity index (χ3v) is 7.05. The fourth-order valence-electron chi connectivity index (χ4n) is 4.41. The molecule has 1 aromatic carbocycles. The third-order valence-electron chi connectivity index (χ3n) is 5.80. The van der Waals surface area contributed by atoms with Gasteiger partial charge in [0.05, 0.1) is 35.6 Å². The number of anilines is 1. The molecule has 1 aliphatic heterocycles. The molecule has 180 valence electrons. The lowest BCUT2D eigenvalue weighted by Gasteiger charge is -2.20. The van der Waals surface area contributed by atoms with Gasteiger partial charge in [0.2, 0.25) is 0 Å². The molecular formula is C26H33N5O2S. The number of fused-ring (bicyclic) bond motifs is 2. The standard InChI is InChI=1S/C26H33N5O2S/c1-25(2,3)14-33-13-15-6-16(10-26(4,5)32)18-8-20(29-19(18)7-15)23-24-21(30-31-23)9-22(34-24)17-11-27-28-12-17/h6-9,11-12,23,29-32H,10,13-14H2,1-5H3,(H,27,28). The van der Waals surface area contributed by atoms with Gasteiger partial charge in [-0.05, 0) is 48.6 Å². The molecule has 4 heterocycles. The van der Waals surface area contributed by atoms with E-state index in [4.69, 9.17) is 4.74 Å². The van der Waals surface area contributed by atoms with Crippen molar-refractivity contribution in [2.75, 3.05) is 12.0 Å². The summed E-state index contributed by atoms with van der Waals surface area (Å²) in [6, 6.07) is 8.73. The van der Waals surface area contributed by atoms with Crippen molar-refractivity contribution in [2.45, 2.75) is 59.3 Å². The number of nitrogens with one attached hydrogen (secondary N) is 4. The van der Waals surface area contributed by atoms with Gasteiger partial charge in [-0.15, -0.1) is 11.3 Å². The van der Waals surface area contributed by atoms with Crippen LogP contribution in [0, 0.1) is 5.41 Å². The summed E-state index contributed by atoms with van der Waals surface area (Å²) in [6.45, 7) is 11.5. The molecule has 8 heteroatoms. The van der Waals surface area contributed by atoms with E-state index >= 15 is 0 Å². The van der Waals surface area contributed by atoms with Crippen molar-refractivity contribution in [3.05, 3.63) is 58.4 Å². The molecule has 0 radical (unpaired) electrons. The topological polar surface area (TPSA) is 98.0 Å². The first-order valence-corrected chi connectivity index (χ1v) is 12.5. The maximum absolute atomic E-state index is 10.6. The van der Waals surface area contributed by atoms with Crippen LogP contribution in [0.25, 0.3) is 21.3 Å². The summed E-state index contributed by atoms with van der Waals surface area (Å²) in [5, 5.41) is 18.7. The second kappa shape index (κ2) is 8.53. The van der Waals surface area contributed by atoms with E-state index in [2.05, 4.69) is 71.1 Å². The molecule has 0 spiro atoms. The maximum Gasteiger partial charge on any atom is 0.102 e. The number of hydrogen-bond acceptors (Lipinski definition) is 6. The van der Waals surface area contributed by atoms with E-state index in [1.54, 1.807) is 11.3 Å². The molecule has 3 aromatic heterocycles. The van der Waals surface area contributed by atoms with Gasteiger partial charge < -0.3 is 20.3 Å². The quantitative estimate of drug-likeness (QED) is 0.241. The van der Waals surface area contributed by atoms with E-state index < -0.39 is 5.60 Å². The molecule has 0 amide bonds. The number of hydrazine groups is 1. The molecular weight excluding hydrogens is 446 g/mol. The summed E-state index contributed by atoms with van der Waals surface area (Å²) < 4.78 is 6.00. The monoisotopic (exact) mass is 479 g/mol. The van der Waals surface area contributed by atoms with Gasteiger partial charge >= 0.3 is 0 Å². The summed E-state index contributed by atoms with van der Waals surface area (Å²) in [7, 11) is 0. The first-order chi connectivity index (χ1) is 16.1. The average molecular weight is 480 g/mol. The second-order valence-corrected chi connectivity index (χ2v) is 12.1. The predicted molar refractivity (Wildman–Crippen MR) is 138 cm³/mol. The number of ether oxygens (including phenoxy) is 1. The summed E-state index contributed by atoms with van der Waals surface area (Å²) in [4.78, 5) is 6.06. The lowest BCUT2D eigenvalue weighted by Crippen LogP contribution is -2.22. The van der Waals surface area contributed by atoms with Gasteiger partial charge in [0.1, 0.15) is 6.04 Å². The highest BCUT2D eigenvalue weighted by Crippen LogP contribution is 2.43. The molecule has 1 unspecified atom stereocenters. The molecule has 0 fully saturated rings. The summed E-state index contributed by atoms with van der Waals surface area (Å²) in [5.41, 5.74) is 12.6. The summed E-state index contributed by atoms with van der Waals surface area (Å²) in [5.74, 6) is 0. The average Bonchev–Trinajstić information content (AvgIpc) is 3.48. The van der Waals surface area contributed by atoms with E-state index in [1.165, 1.54) is 9.75 Å². The van der Waals surface area contributed by atoms with Crippen LogP contribution in [0.5, 0.6) is 0 Å². The summed E-state index contributed by atoms with van der Waals surface area (Å²) in [6.07, 6.45) is 4.33. The van der Waals surface area contributed by atoms with Gasteiger partial charge in [0.15, 0.2) is 0 Å². The van der Waals surface area contributed by atoms with E-state index in [1.807, 2.05) is 26.2 Å². The zero-order chi connectivity index (χ0) is 24.1. The first kappa shape index (κ1) is 23.1. The number of hydrogen-bond donors (Lipinski definition) is 5. The van der Waals surface area contributed by atoms with Crippen LogP contribution in [-0.2, 0) is 17.8 Å². The Balaban J connectivity index is 1.48. The Labute approximate surface area is 203 Å². The van der Waals surface area contributed by atoms with Crippen LogP contribution in [0.1, 0.15) is 62.4 Å². The highest BCUT2D eigenvalue weighted by Gasteiger charge is 2.29. The van der Waals surface area contributed by atoms with Gasteiger partial charge in [-0.3, -0.25) is 5.10 Å². The third kappa shape index (κ3) is 4.90. The predicted octanol–water partition coefficient (Wildman–Crippen LogP) is 5.52. The SMILES string of the molecule is CC(C)(C)COCc1cc(CC(C)(C)O)c2cc(C3NNc4cc(-c5cn[nH]c5)sc43)[nH]c2c1.